The van der Waals surface area contributed by atoms with Crippen LogP contribution in [0.5, 0.6) is 0 Å². The van der Waals surface area contributed by atoms with Gasteiger partial charge < -0.3 is 16.0 Å². The average Bonchev–Trinajstić information content (AvgIpc) is 2.90. The van der Waals surface area contributed by atoms with E-state index >= 15 is 0 Å². The first-order valence-electron chi connectivity index (χ1n) is 6.96. The Labute approximate surface area is 129 Å². The van der Waals surface area contributed by atoms with Gasteiger partial charge >= 0.3 is 6.18 Å². The summed E-state index contributed by atoms with van der Waals surface area (Å²) in [4.78, 5) is 11.2. The molecule has 0 spiro atoms. The number of rotatable bonds is 3. The molecule has 3 rings (SSSR count). The fourth-order valence-corrected chi connectivity index (χ4v) is 2.44. The second-order valence-electron chi connectivity index (χ2n) is 4.97. The Bertz CT molecular complexity index is 854. The van der Waals surface area contributed by atoms with Gasteiger partial charge in [0, 0.05) is 18.3 Å². The molecule has 2 aromatic heterocycles. The number of anilines is 2. The highest BCUT2D eigenvalue weighted by Gasteiger charge is 2.30. The van der Waals surface area contributed by atoms with Crippen molar-refractivity contribution < 1.29 is 13.2 Å². The van der Waals surface area contributed by atoms with Crippen LogP contribution >= 0.6 is 0 Å². The van der Waals surface area contributed by atoms with E-state index in [4.69, 9.17) is 5.73 Å². The van der Waals surface area contributed by atoms with E-state index in [0.29, 0.717) is 34.5 Å². The minimum atomic E-state index is -4.40. The zero-order valence-electron chi connectivity index (χ0n) is 12.2. The number of halogens is 3. The maximum atomic E-state index is 12.9. The monoisotopic (exact) mass is 321 g/mol. The first kappa shape index (κ1) is 15.1. The lowest BCUT2D eigenvalue weighted by Crippen LogP contribution is -2.05. The van der Waals surface area contributed by atoms with Crippen molar-refractivity contribution in [2.24, 2.45) is 0 Å². The lowest BCUT2D eigenvalue weighted by atomic mass is 10.0. The number of nitrogen functional groups attached to an aromatic ring is 1. The van der Waals surface area contributed by atoms with Gasteiger partial charge in [-0.1, -0.05) is 12.1 Å². The van der Waals surface area contributed by atoms with Crippen molar-refractivity contribution in [3.8, 4) is 11.1 Å². The molecule has 0 bridgehead atoms. The predicted molar refractivity (Wildman–Crippen MR) is 82.9 cm³/mol. The van der Waals surface area contributed by atoms with Crippen LogP contribution < -0.4 is 11.1 Å². The topological polar surface area (TPSA) is 79.6 Å². The minimum absolute atomic E-state index is 0.0888. The number of hydrogen-bond acceptors (Lipinski definition) is 4. The number of aromatic nitrogens is 3. The summed E-state index contributed by atoms with van der Waals surface area (Å²) in [6, 6.07) is 5.14. The molecule has 0 atom stereocenters. The first-order chi connectivity index (χ1) is 10.9. The molecule has 23 heavy (non-hydrogen) atoms. The molecule has 0 aliphatic heterocycles. The lowest BCUT2D eigenvalue weighted by molar-refractivity contribution is -0.137. The summed E-state index contributed by atoms with van der Waals surface area (Å²) in [6.07, 6.45) is -2.79. The van der Waals surface area contributed by atoms with Gasteiger partial charge in [0.1, 0.15) is 11.5 Å². The van der Waals surface area contributed by atoms with Crippen molar-refractivity contribution >= 4 is 22.8 Å². The largest absolute Gasteiger partial charge is 0.416 e. The van der Waals surface area contributed by atoms with E-state index in [1.54, 1.807) is 12.3 Å². The summed E-state index contributed by atoms with van der Waals surface area (Å²) < 4.78 is 38.7. The van der Waals surface area contributed by atoms with Crippen LogP contribution in [-0.2, 0) is 6.18 Å². The number of fused-ring (bicyclic) bond motifs is 1. The highest BCUT2D eigenvalue weighted by Crippen LogP contribution is 2.36. The number of nitrogens with zero attached hydrogens (tertiary/aromatic N) is 2. The standard InChI is InChI=1S/C15H14F3N5/c1-2-20-12-11-10(7-21-13(11)23-14(19)22-12)8-4-3-5-9(6-8)15(16,17)18/h3-7H,2H2,1H3,(H4,19,20,21,22,23). The van der Waals surface area contributed by atoms with Gasteiger partial charge in [0.2, 0.25) is 5.95 Å². The molecule has 5 nitrogen and oxygen atoms in total. The van der Waals surface area contributed by atoms with Crippen LogP contribution in [0.15, 0.2) is 30.5 Å². The fraction of sp³-hybridized carbons (Fsp3) is 0.200. The van der Waals surface area contributed by atoms with E-state index in [1.807, 2.05) is 6.92 Å². The number of hydrogen-bond donors (Lipinski definition) is 3. The van der Waals surface area contributed by atoms with Crippen molar-refractivity contribution in [2.45, 2.75) is 13.1 Å². The third-order valence-electron chi connectivity index (χ3n) is 3.39. The quantitative estimate of drug-likeness (QED) is 0.688. The molecule has 1 aromatic carbocycles. The maximum Gasteiger partial charge on any atom is 0.416 e. The summed E-state index contributed by atoms with van der Waals surface area (Å²) in [7, 11) is 0. The SMILES string of the molecule is CCNc1nc(N)nc2[nH]cc(-c3cccc(C(F)(F)F)c3)c12. The number of nitrogens with two attached hydrogens (primary N) is 1. The molecule has 0 saturated heterocycles. The van der Waals surface area contributed by atoms with Crippen LogP contribution in [0.25, 0.3) is 22.2 Å². The minimum Gasteiger partial charge on any atom is -0.370 e. The van der Waals surface area contributed by atoms with E-state index in [-0.39, 0.29) is 5.95 Å². The molecule has 8 heteroatoms. The Morgan fingerprint density at radius 2 is 2.04 bits per heavy atom. The number of alkyl halides is 3. The zero-order valence-corrected chi connectivity index (χ0v) is 12.2. The number of benzene rings is 1. The molecule has 0 aliphatic carbocycles. The Hall–Kier alpha value is -2.77. The Morgan fingerprint density at radius 3 is 2.74 bits per heavy atom. The number of aromatic amines is 1. The third kappa shape index (κ3) is 2.79. The number of nitrogens with one attached hydrogen (secondary N) is 2. The maximum absolute atomic E-state index is 12.9. The van der Waals surface area contributed by atoms with E-state index in [9.17, 15) is 13.2 Å². The van der Waals surface area contributed by atoms with Gasteiger partial charge in [0.05, 0.1) is 10.9 Å². The van der Waals surface area contributed by atoms with Crippen molar-refractivity contribution in [1.29, 1.82) is 0 Å². The van der Waals surface area contributed by atoms with Crippen molar-refractivity contribution in [3.63, 3.8) is 0 Å². The Morgan fingerprint density at radius 1 is 1.26 bits per heavy atom. The zero-order chi connectivity index (χ0) is 16.6. The van der Waals surface area contributed by atoms with Crippen LogP contribution in [0.2, 0.25) is 0 Å². The van der Waals surface area contributed by atoms with Crippen LogP contribution in [0.4, 0.5) is 24.9 Å². The molecule has 0 saturated carbocycles. The van der Waals surface area contributed by atoms with Gasteiger partial charge in [-0.05, 0) is 24.6 Å². The molecule has 0 amide bonds. The highest BCUT2D eigenvalue weighted by molar-refractivity contribution is 6.01. The Balaban J connectivity index is 2.21. The normalized spacial score (nSPS) is 11.8. The predicted octanol–water partition coefficient (Wildman–Crippen LogP) is 3.66. The van der Waals surface area contributed by atoms with E-state index in [1.165, 1.54) is 6.07 Å². The molecule has 0 unspecified atom stereocenters. The summed E-state index contributed by atoms with van der Waals surface area (Å²) in [5.41, 5.74) is 6.44. The first-order valence-corrected chi connectivity index (χ1v) is 6.96. The van der Waals surface area contributed by atoms with Gasteiger partial charge in [-0.3, -0.25) is 0 Å². The van der Waals surface area contributed by atoms with Gasteiger partial charge in [-0.2, -0.15) is 23.1 Å². The van der Waals surface area contributed by atoms with E-state index < -0.39 is 11.7 Å². The van der Waals surface area contributed by atoms with Gasteiger partial charge in [-0.15, -0.1) is 0 Å². The highest BCUT2D eigenvalue weighted by atomic mass is 19.4. The van der Waals surface area contributed by atoms with Crippen LogP contribution in [0.3, 0.4) is 0 Å². The Kier molecular flexibility index (Phi) is 3.59. The van der Waals surface area contributed by atoms with Crippen molar-refractivity contribution in [2.75, 3.05) is 17.6 Å². The van der Waals surface area contributed by atoms with Gasteiger partial charge in [-0.25, -0.2) is 0 Å². The molecule has 0 aliphatic rings. The van der Waals surface area contributed by atoms with Crippen molar-refractivity contribution in [3.05, 3.63) is 36.0 Å². The lowest BCUT2D eigenvalue weighted by Gasteiger charge is -2.10. The molecule has 2 heterocycles. The number of H-pyrrole nitrogens is 1. The van der Waals surface area contributed by atoms with E-state index in [0.717, 1.165) is 12.1 Å². The molecule has 3 aromatic rings. The molecular formula is C15H14F3N5. The molecule has 120 valence electrons. The van der Waals surface area contributed by atoms with Crippen LogP contribution in [-0.4, -0.2) is 21.5 Å². The second-order valence-corrected chi connectivity index (χ2v) is 4.97. The molecule has 0 fully saturated rings. The van der Waals surface area contributed by atoms with Gasteiger partial charge in [0.15, 0.2) is 0 Å². The molecule has 4 N–H and O–H groups in total. The summed E-state index contributed by atoms with van der Waals surface area (Å²) in [5.74, 6) is 0.578. The average molecular weight is 321 g/mol. The summed E-state index contributed by atoms with van der Waals surface area (Å²) in [5, 5.41) is 3.67. The summed E-state index contributed by atoms with van der Waals surface area (Å²) >= 11 is 0. The van der Waals surface area contributed by atoms with Crippen LogP contribution in [0.1, 0.15) is 12.5 Å². The van der Waals surface area contributed by atoms with E-state index in [2.05, 4.69) is 20.3 Å². The third-order valence-corrected chi connectivity index (χ3v) is 3.39. The molecule has 0 radical (unpaired) electrons. The van der Waals surface area contributed by atoms with Crippen LogP contribution in [0, 0.1) is 0 Å². The fourth-order valence-electron chi connectivity index (χ4n) is 2.44. The van der Waals surface area contributed by atoms with Crippen molar-refractivity contribution in [1.82, 2.24) is 15.0 Å². The smallest absolute Gasteiger partial charge is 0.370 e. The van der Waals surface area contributed by atoms with Gasteiger partial charge in [0.25, 0.3) is 0 Å². The molecular weight excluding hydrogens is 307 g/mol. The summed E-state index contributed by atoms with van der Waals surface area (Å²) in [6.45, 7) is 2.49. The second kappa shape index (κ2) is 5.45.